The molecule has 7 nitrogen and oxygen atoms in total. The molecule has 1 saturated heterocycles. The van der Waals surface area contributed by atoms with Gasteiger partial charge in [0.1, 0.15) is 11.2 Å². The molecule has 1 aromatic rings. The lowest BCUT2D eigenvalue weighted by atomic mass is 9.90. The quantitative estimate of drug-likeness (QED) is 0.734. The van der Waals surface area contributed by atoms with Crippen LogP contribution in [-0.4, -0.2) is 33.1 Å². The number of nitrogens with two attached hydrogens (primary N) is 1. The SMILES string of the molecule is CCCC1(C(=O)O)CCCN1c1nc[nH]c(=O)c1N. The maximum atomic E-state index is 11.7. The molecule has 4 N–H and O–H groups in total. The number of hydrogen-bond acceptors (Lipinski definition) is 5. The molecule has 0 amide bonds. The zero-order chi connectivity index (χ0) is 14.0. The molecule has 2 heterocycles. The first-order valence-electron chi connectivity index (χ1n) is 6.37. The summed E-state index contributed by atoms with van der Waals surface area (Å²) >= 11 is 0. The van der Waals surface area contributed by atoms with Gasteiger partial charge in [-0.05, 0) is 19.3 Å². The fourth-order valence-electron chi connectivity index (χ4n) is 2.81. The molecule has 0 aliphatic carbocycles. The van der Waals surface area contributed by atoms with Crippen LogP contribution in [0, 0.1) is 0 Å². The average Bonchev–Trinajstić information content (AvgIpc) is 2.78. The van der Waals surface area contributed by atoms with Gasteiger partial charge in [0.25, 0.3) is 5.56 Å². The summed E-state index contributed by atoms with van der Waals surface area (Å²) in [6.07, 6.45) is 3.80. The van der Waals surface area contributed by atoms with E-state index in [2.05, 4.69) is 9.97 Å². The standard InChI is InChI=1S/C12H18N4O3/c1-2-4-12(11(18)19)5-3-6-16(12)9-8(13)10(17)15-7-14-9/h7H,2-6,13H2,1H3,(H,18,19)(H,14,15,17). The molecule has 0 spiro atoms. The Morgan fingerprint density at radius 1 is 1.68 bits per heavy atom. The van der Waals surface area contributed by atoms with Gasteiger partial charge in [-0.15, -0.1) is 0 Å². The van der Waals surface area contributed by atoms with Gasteiger partial charge in [0, 0.05) is 6.54 Å². The number of nitrogen functional groups attached to an aromatic ring is 1. The Bertz CT molecular complexity index is 542. The van der Waals surface area contributed by atoms with Gasteiger partial charge in [-0.2, -0.15) is 0 Å². The molecule has 1 fully saturated rings. The highest BCUT2D eigenvalue weighted by Crippen LogP contribution is 2.38. The Labute approximate surface area is 110 Å². The Morgan fingerprint density at radius 2 is 2.42 bits per heavy atom. The molecule has 7 heteroatoms. The highest BCUT2D eigenvalue weighted by molar-refractivity contribution is 5.85. The van der Waals surface area contributed by atoms with Crippen LogP contribution >= 0.6 is 0 Å². The second-order valence-corrected chi connectivity index (χ2v) is 4.81. The summed E-state index contributed by atoms with van der Waals surface area (Å²) in [6.45, 7) is 2.49. The highest BCUT2D eigenvalue weighted by atomic mass is 16.4. The van der Waals surface area contributed by atoms with E-state index in [1.54, 1.807) is 4.90 Å². The molecule has 1 aliphatic rings. The van der Waals surface area contributed by atoms with E-state index in [0.717, 1.165) is 12.8 Å². The number of rotatable bonds is 4. The van der Waals surface area contributed by atoms with E-state index in [4.69, 9.17) is 5.73 Å². The van der Waals surface area contributed by atoms with Crippen molar-refractivity contribution in [3.8, 4) is 0 Å². The van der Waals surface area contributed by atoms with Crippen LogP contribution in [0.2, 0.25) is 0 Å². The lowest BCUT2D eigenvalue weighted by Gasteiger charge is -2.35. The van der Waals surface area contributed by atoms with Gasteiger partial charge in [-0.1, -0.05) is 13.3 Å². The van der Waals surface area contributed by atoms with E-state index in [1.165, 1.54) is 6.33 Å². The van der Waals surface area contributed by atoms with Gasteiger partial charge in [-0.3, -0.25) is 4.79 Å². The summed E-state index contributed by atoms with van der Waals surface area (Å²) < 4.78 is 0. The van der Waals surface area contributed by atoms with E-state index < -0.39 is 17.1 Å². The maximum absolute atomic E-state index is 11.7. The highest BCUT2D eigenvalue weighted by Gasteiger charge is 2.48. The molecule has 1 unspecified atom stereocenters. The fraction of sp³-hybridized carbons (Fsp3) is 0.583. The Balaban J connectivity index is 2.50. The minimum Gasteiger partial charge on any atom is -0.479 e. The molecule has 0 aromatic carbocycles. The molecular weight excluding hydrogens is 248 g/mol. The van der Waals surface area contributed by atoms with Gasteiger partial charge in [0.05, 0.1) is 6.33 Å². The summed E-state index contributed by atoms with van der Waals surface area (Å²) in [5.74, 6) is -0.606. The van der Waals surface area contributed by atoms with E-state index in [1.807, 2.05) is 6.92 Å². The maximum Gasteiger partial charge on any atom is 0.329 e. The number of carboxylic acid groups (broad SMARTS) is 1. The number of aromatic amines is 1. The summed E-state index contributed by atoms with van der Waals surface area (Å²) in [5.41, 5.74) is 4.28. The van der Waals surface area contributed by atoms with Crippen molar-refractivity contribution in [1.29, 1.82) is 0 Å². The van der Waals surface area contributed by atoms with Crippen molar-refractivity contribution in [2.45, 2.75) is 38.1 Å². The minimum absolute atomic E-state index is 0.0221. The van der Waals surface area contributed by atoms with E-state index in [0.29, 0.717) is 19.4 Å². The van der Waals surface area contributed by atoms with Crippen LogP contribution in [0.1, 0.15) is 32.6 Å². The first-order valence-corrected chi connectivity index (χ1v) is 6.37. The van der Waals surface area contributed by atoms with E-state index in [9.17, 15) is 14.7 Å². The van der Waals surface area contributed by atoms with Crippen molar-refractivity contribution >= 4 is 17.5 Å². The first kappa shape index (κ1) is 13.4. The summed E-state index contributed by atoms with van der Waals surface area (Å²) in [5, 5.41) is 9.59. The van der Waals surface area contributed by atoms with Crippen molar-refractivity contribution in [3.63, 3.8) is 0 Å². The van der Waals surface area contributed by atoms with Crippen LogP contribution in [0.25, 0.3) is 0 Å². The minimum atomic E-state index is -0.996. The predicted molar refractivity (Wildman–Crippen MR) is 71.1 cm³/mol. The number of aliphatic carboxylic acids is 1. The molecule has 2 rings (SSSR count). The lowest BCUT2D eigenvalue weighted by molar-refractivity contribution is -0.143. The monoisotopic (exact) mass is 266 g/mol. The second kappa shape index (κ2) is 4.91. The number of hydrogen-bond donors (Lipinski definition) is 3. The number of H-pyrrole nitrogens is 1. The number of carbonyl (C=O) groups is 1. The van der Waals surface area contributed by atoms with Gasteiger partial charge in [0.2, 0.25) is 0 Å². The van der Waals surface area contributed by atoms with Gasteiger partial charge in [0.15, 0.2) is 5.82 Å². The summed E-state index contributed by atoms with van der Waals surface area (Å²) in [7, 11) is 0. The van der Waals surface area contributed by atoms with Crippen molar-refractivity contribution in [2.24, 2.45) is 0 Å². The molecule has 0 radical (unpaired) electrons. The third-order valence-electron chi connectivity index (χ3n) is 3.67. The van der Waals surface area contributed by atoms with Crippen molar-refractivity contribution < 1.29 is 9.90 Å². The zero-order valence-electron chi connectivity index (χ0n) is 10.8. The summed E-state index contributed by atoms with van der Waals surface area (Å²) in [4.78, 5) is 31.4. The number of nitrogens with zero attached hydrogens (tertiary/aromatic N) is 2. The van der Waals surface area contributed by atoms with Crippen LogP contribution in [-0.2, 0) is 4.79 Å². The number of carboxylic acids is 1. The third-order valence-corrected chi connectivity index (χ3v) is 3.67. The molecule has 1 aliphatic heterocycles. The molecule has 0 saturated carbocycles. The first-order chi connectivity index (χ1) is 9.03. The lowest BCUT2D eigenvalue weighted by Crippen LogP contribution is -2.51. The van der Waals surface area contributed by atoms with Crippen LogP contribution in [0.4, 0.5) is 11.5 Å². The largest absolute Gasteiger partial charge is 0.479 e. The average molecular weight is 266 g/mol. The van der Waals surface area contributed by atoms with Crippen molar-refractivity contribution in [2.75, 3.05) is 17.2 Å². The topological polar surface area (TPSA) is 112 Å². The second-order valence-electron chi connectivity index (χ2n) is 4.81. The molecule has 19 heavy (non-hydrogen) atoms. The Kier molecular flexibility index (Phi) is 3.46. The van der Waals surface area contributed by atoms with Gasteiger partial charge < -0.3 is 20.7 Å². The Hall–Kier alpha value is -2.05. The molecular formula is C12H18N4O3. The van der Waals surface area contributed by atoms with Gasteiger partial charge in [-0.25, -0.2) is 9.78 Å². The number of nitrogens with one attached hydrogen (secondary N) is 1. The normalized spacial score (nSPS) is 22.7. The van der Waals surface area contributed by atoms with Gasteiger partial charge >= 0.3 is 5.97 Å². The van der Waals surface area contributed by atoms with Crippen LogP contribution in [0.15, 0.2) is 11.1 Å². The molecule has 1 atom stereocenters. The number of anilines is 2. The van der Waals surface area contributed by atoms with Crippen molar-refractivity contribution in [1.82, 2.24) is 9.97 Å². The smallest absolute Gasteiger partial charge is 0.329 e. The van der Waals surface area contributed by atoms with E-state index in [-0.39, 0.29) is 11.5 Å². The third kappa shape index (κ3) is 2.05. The van der Waals surface area contributed by atoms with Crippen LogP contribution in [0.5, 0.6) is 0 Å². The van der Waals surface area contributed by atoms with Crippen molar-refractivity contribution in [3.05, 3.63) is 16.7 Å². The zero-order valence-corrected chi connectivity index (χ0v) is 10.8. The molecule has 104 valence electrons. The molecule has 1 aromatic heterocycles. The van der Waals surface area contributed by atoms with E-state index >= 15 is 0 Å². The predicted octanol–water partition coefficient (Wildman–Crippen LogP) is 0.576. The van der Waals surface area contributed by atoms with Crippen LogP contribution < -0.4 is 16.2 Å². The fourth-order valence-corrected chi connectivity index (χ4v) is 2.81. The summed E-state index contributed by atoms with van der Waals surface area (Å²) in [6, 6.07) is 0. The number of aromatic nitrogens is 2. The Morgan fingerprint density at radius 3 is 3.05 bits per heavy atom. The van der Waals surface area contributed by atoms with Crippen LogP contribution in [0.3, 0.4) is 0 Å². The molecule has 0 bridgehead atoms.